The number of carbonyl (C=O) groups is 2. The summed E-state index contributed by atoms with van der Waals surface area (Å²) in [5, 5.41) is 2.78. The van der Waals surface area contributed by atoms with Crippen molar-refractivity contribution in [2.24, 2.45) is 0 Å². The molecule has 4 nitrogen and oxygen atoms in total. The van der Waals surface area contributed by atoms with Gasteiger partial charge in [-0.25, -0.2) is 4.79 Å². The highest BCUT2D eigenvalue weighted by molar-refractivity contribution is 5.85. The van der Waals surface area contributed by atoms with Gasteiger partial charge in [0.15, 0.2) is 0 Å². The number of hydrogen-bond donors (Lipinski definition) is 1. The molecule has 0 fully saturated rings. The van der Waals surface area contributed by atoms with Gasteiger partial charge in [-0.1, -0.05) is 57.0 Å². The Morgan fingerprint density at radius 2 is 1.86 bits per heavy atom. The molecule has 1 unspecified atom stereocenters. The van der Waals surface area contributed by atoms with Crippen LogP contribution in [0.15, 0.2) is 30.3 Å². The monoisotopic (exact) mass is 291 g/mol. The van der Waals surface area contributed by atoms with E-state index in [-0.39, 0.29) is 18.3 Å². The number of unbranched alkanes of at least 4 members (excludes halogenated alkanes) is 1. The summed E-state index contributed by atoms with van der Waals surface area (Å²) in [6.07, 6.45) is 3.53. The second-order valence-electron chi connectivity index (χ2n) is 5.09. The highest BCUT2D eigenvalue weighted by Gasteiger charge is 2.21. The molecule has 1 N–H and O–H groups in total. The molecule has 0 saturated heterocycles. The van der Waals surface area contributed by atoms with Crippen LogP contribution in [0.4, 0.5) is 0 Å². The third-order valence-electron chi connectivity index (χ3n) is 3.15. The smallest absolute Gasteiger partial charge is 0.328 e. The van der Waals surface area contributed by atoms with Crippen molar-refractivity contribution in [3.05, 3.63) is 35.9 Å². The van der Waals surface area contributed by atoms with Crippen molar-refractivity contribution >= 4 is 11.9 Å². The lowest BCUT2D eigenvalue weighted by atomic mass is 10.1. The zero-order valence-corrected chi connectivity index (χ0v) is 12.9. The minimum atomic E-state index is -0.539. The lowest BCUT2D eigenvalue weighted by Crippen LogP contribution is -2.42. The standard InChI is InChI=1S/C17H25NO3/c1-3-5-12-21-17(20)15(9-4-2)18-16(19)13-14-10-7-6-8-11-14/h6-8,10-11,15H,3-5,9,12-13H2,1-2H3,(H,18,19). The molecular weight excluding hydrogens is 266 g/mol. The van der Waals surface area contributed by atoms with E-state index in [2.05, 4.69) is 5.32 Å². The number of amides is 1. The van der Waals surface area contributed by atoms with Gasteiger partial charge in [-0.15, -0.1) is 0 Å². The minimum absolute atomic E-state index is 0.146. The Morgan fingerprint density at radius 3 is 2.48 bits per heavy atom. The Balaban J connectivity index is 2.48. The Morgan fingerprint density at radius 1 is 1.14 bits per heavy atom. The van der Waals surface area contributed by atoms with E-state index in [4.69, 9.17) is 4.74 Å². The van der Waals surface area contributed by atoms with Gasteiger partial charge in [-0.2, -0.15) is 0 Å². The van der Waals surface area contributed by atoms with Crippen LogP contribution in [0, 0.1) is 0 Å². The number of nitrogens with one attached hydrogen (secondary N) is 1. The first kappa shape index (κ1) is 17.2. The molecule has 116 valence electrons. The van der Waals surface area contributed by atoms with Crippen LogP contribution in [0.25, 0.3) is 0 Å². The summed E-state index contributed by atoms with van der Waals surface area (Å²) in [6.45, 7) is 4.44. The van der Waals surface area contributed by atoms with Crippen LogP contribution in [0.3, 0.4) is 0 Å². The normalized spacial score (nSPS) is 11.7. The van der Waals surface area contributed by atoms with E-state index in [1.165, 1.54) is 0 Å². The van der Waals surface area contributed by atoms with Gasteiger partial charge in [0, 0.05) is 0 Å². The lowest BCUT2D eigenvalue weighted by Gasteiger charge is -2.17. The zero-order chi connectivity index (χ0) is 15.5. The third kappa shape index (κ3) is 6.93. The molecule has 0 aliphatic heterocycles. The molecule has 1 amide bonds. The van der Waals surface area contributed by atoms with Gasteiger partial charge < -0.3 is 10.1 Å². The fourth-order valence-electron chi connectivity index (χ4n) is 1.98. The maximum atomic E-state index is 12.0. The van der Waals surface area contributed by atoms with E-state index in [0.29, 0.717) is 13.0 Å². The molecule has 1 aromatic rings. The topological polar surface area (TPSA) is 55.4 Å². The number of hydrogen-bond acceptors (Lipinski definition) is 3. The molecule has 0 heterocycles. The molecule has 1 atom stereocenters. The minimum Gasteiger partial charge on any atom is -0.464 e. The van der Waals surface area contributed by atoms with E-state index in [1.807, 2.05) is 44.2 Å². The quantitative estimate of drug-likeness (QED) is 0.562. The molecule has 0 aliphatic rings. The summed E-state index contributed by atoms with van der Waals surface area (Å²) in [5.74, 6) is -0.473. The fraction of sp³-hybridized carbons (Fsp3) is 0.529. The molecular formula is C17H25NO3. The molecule has 0 spiro atoms. The Bertz CT molecular complexity index is 431. The first-order chi connectivity index (χ1) is 10.2. The number of rotatable bonds is 9. The van der Waals surface area contributed by atoms with Crippen LogP contribution in [-0.2, 0) is 20.7 Å². The van der Waals surface area contributed by atoms with E-state index in [9.17, 15) is 9.59 Å². The van der Waals surface area contributed by atoms with E-state index >= 15 is 0 Å². The average molecular weight is 291 g/mol. The van der Waals surface area contributed by atoms with Crippen LogP contribution in [0.2, 0.25) is 0 Å². The van der Waals surface area contributed by atoms with Gasteiger partial charge in [-0.05, 0) is 18.4 Å². The lowest BCUT2D eigenvalue weighted by molar-refractivity contribution is -0.148. The SMILES string of the molecule is CCCCOC(=O)C(CCC)NC(=O)Cc1ccccc1. The first-order valence-corrected chi connectivity index (χ1v) is 7.67. The summed E-state index contributed by atoms with van der Waals surface area (Å²) in [6, 6.07) is 8.95. The summed E-state index contributed by atoms with van der Waals surface area (Å²) < 4.78 is 5.19. The van der Waals surface area contributed by atoms with Gasteiger partial charge >= 0.3 is 5.97 Å². The molecule has 0 radical (unpaired) electrons. The maximum absolute atomic E-state index is 12.0. The highest BCUT2D eigenvalue weighted by atomic mass is 16.5. The van der Waals surface area contributed by atoms with E-state index in [0.717, 1.165) is 24.8 Å². The van der Waals surface area contributed by atoms with Gasteiger partial charge in [0.1, 0.15) is 6.04 Å². The van der Waals surface area contributed by atoms with Gasteiger partial charge in [-0.3, -0.25) is 4.79 Å². The number of esters is 1. The highest BCUT2D eigenvalue weighted by Crippen LogP contribution is 2.04. The summed E-state index contributed by atoms with van der Waals surface area (Å²) >= 11 is 0. The van der Waals surface area contributed by atoms with Gasteiger partial charge in [0.2, 0.25) is 5.91 Å². The Hall–Kier alpha value is -1.84. The summed E-state index contributed by atoms with van der Waals surface area (Å²) in [4.78, 5) is 24.0. The molecule has 0 bridgehead atoms. The van der Waals surface area contributed by atoms with Crippen LogP contribution >= 0.6 is 0 Å². The molecule has 0 aromatic heterocycles. The molecule has 1 aromatic carbocycles. The number of carbonyl (C=O) groups excluding carboxylic acids is 2. The molecule has 0 aliphatic carbocycles. The zero-order valence-electron chi connectivity index (χ0n) is 12.9. The fourth-order valence-corrected chi connectivity index (χ4v) is 1.98. The number of ether oxygens (including phenoxy) is 1. The van der Waals surface area contributed by atoms with Crippen molar-refractivity contribution in [1.29, 1.82) is 0 Å². The molecule has 0 saturated carbocycles. The van der Waals surface area contributed by atoms with Crippen LogP contribution in [0.5, 0.6) is 0 Å². The average Bonchev–Trinajstić information content (AvgIpc) is 2.48. The van der Waals surface area contributed by atoms with Crippen molar-refractivity contribution in [3.8, 4) is 0 Å². The first-order valence-electron chi connectivity index (χ1n) is 7.67. The van der Waals surface area contributed by atoms with Crippen molar-refractivity contribution in [1.82, 2.24) is 5.32 Å². The molecule has 4 heteroatoms. The largest absolute Gasteiger partial charge is 0.464 e. The Labute approximate surface area is 126 Å². The summed E-state index contributed by atoms with van der Waals surface area (Å²) in [7, 11) is 0. The number of benzene rings is 1. The van der Waals surface area contributed by atoms with Crippen LogP contribution in [-0.4, -0.2) is 24.5 Å². The van der Waals surface area contributed by atoms with E-state index < -0.39 is 6.04 Å². The Kier molecular flexibility index (Phi) is 8.17. The second kappa shape index (κ2) is 9.97. The van der Waals surface area contributed by atoms with Gasteiger partial charge in [0.25, 0.3) is 0 Å². The third-order valence-corrected chi connectivity index (χ3v) is 3.15. The van der Waals surface area contributed by atoms with Crippen LogP contribution < -0.4 is 5.32 Å². The van der Waals surface area contributed by atoms with Crippen molar-refractivity contribution < 1.29 is 14.3 Å². The predicted octanol–water partition coefficient (Wildman–Crippen LogP) is 2.86. The predicted molar refractivity (Wildman–Crippen MR) is 82.9 cm³/mol. The van der Waals surface area contributed by atoms with Crippen molar-refractivity contribution in [2.45, 2.75) is 52.0 Å². The maximum Gasteiger partial charge on any atom is 0.328 e. The second-order valence-corrected chi connectivity index (χ2v) is 5.09. The molecule has 21 heavy (non-hydrogen) atoms. The molecule has 1 rings (SSSR count). The van der Waals surface area contributed by atoms with Gasteiger partial charge in [0.05, 0.1) is 13.0 Å². The van der Waals surface area contributed by atoms with Crippen LogP contribution in [0.1, 0.15) is 45.1 Å². The van der Waals surface area contributed by atoms with E-state index in [1.54, 1.807) is 0 Å². The van der Waals surface area contributed by atoms with Crippen molar-refractivity contribution in [2.75, 3.05) is 6.61 Å². The van der Waals surface area contributed by atoms with Crippen molar-refractivity contribution in [3.63, 3.8) is 0 Å². The summed E-state index contributed by atoms with van der Waals surface area (Å²) in [5.41, 5.74) is 0.935.